The SMILES string of the molecule is C[C@H]1CN(Cc2ccccc2)[C@H](CC(=O)O)CN1C(=O)c1ccccc1. The molecule has 1 amide bonds. The van der Waals surface area contributed by atoms with Crippen LogP contribution in [0.1, 0.15) is 29.3 Å². The average molecular weight is 352 g/mol. The number of hydrogen-bond acceptors (Lipinski definition) is 3. The van der Waals surface area contributed by atoms with E-state index in [1.54, 1.807) is 12.1 Å². The quantitative estimate of drug-likeness (QED) is 0.899. The first-order valence-corrected chi connectivity index (χ1v) is 8.90. The second-order valence-corrected chi connectivity index (χ2v) is 6.84. The molecule has 0 aliphatic carbocycles. The van der Waals surface area contributed by atoms with Crippen molar-refractivity contribution in [1.29, 1.82) is 0 Å². The summed E-state index contributed by atoms with van der Waals surface area (Å²) in [5, 5.41) is 9.33. The number of hydrogen-bond donors (Lipinski definition) is 1. The van der Waals surface area contributed by atoms with Gasteiger partial charge in [0.05, 0.1) is 6.42 Å². The Bertz CT molecular complexity index is 748. The van der Waals surface area contributed by atoms with Crippen molar-refractivity contribution in [1.82, 2.24) is 9.80 Å². The van der Waals surface area contributed by atoms with Gasteiger partial charge in [0.2, 0.25) is 0 Å². The van der Waals surface area contributed by atoms with E-state index >= 15 is 0 Å². The van der Waals surface area contributed by atoms with Crippen molar-refractivity contribution in [3.05, 3.63) is 71.8 Å². The number of aliphatic carboxylic acids is 1. The van der Waals surface area contributed by atoms with Crippen molar-refractivity contribution >= 4 is 11.9 Å². The number of amides is 1. The molecule has 2 aromatic rings. The molecule has 136 valence electrons. The molecule has 1 aliphatic heterocycles. The molecule has 1 saturated heterocycles. The summed E-state index contributed by atoms with van der Waals surface area (Å²) in [6.07, 6.45) is 0.0259. The fourth-order valence-electron chi connectivity index (χ4n) is 3.55. The van der Waals surface area contributed by atoms with Gasteiger partial charge in [0, 0.05) is 37.3 Å². The highest BCUT2D eigenvalue weighted by Crippen LogP contribution is 2.22. The monoisotopic (exact) mass is 352 g/mol. The van der Waals surface area contributed by atoms with Gasteiger partial charge in [-0.3, -0.25) is 14.5 Å². The lowest BCUT2D eigenvalue weighted by Crippen LogP contribution is -2.59. The van der Waals surface area contributed by atoms with Crippen LogP contribution in [0.15, 0.2) is 60.7 Å². The van der Waals surface area contributed by atoms with E-state index in [9.17, 15) is 14.7 Å². The summed E-state index contributed by atoms with van der Waals surface area (Å²) in [5.74, 6) is -0.873. The Labute approximate surface area is 153 Å². The number of piperazine rings is 1. The predicted octanol–water partition coefficient (Wildman–Crippen LogP) is 2.88. The molecule has 1 aliphatic rings. The number of carbonyl (C=O) groups excluding carboxylic acids is 1. The minimum absolute atomic E-state index is 0.0245. The lowest BCUT2D eigenvalue weighted by atomic mass is 10.0. The van der Waals surface area contributed by atoms with Gasteiger partial charge in [-0.2, -0.15) is 0 Å². The largest absolute Gasteiger partial charge is 0.481 e. The van der Waals surface area contributed by atoms with Crippen LogP contribution >= 0.6 is 0 Å². The first-order chi connectivity index (χ1) is 12.5. The van der Waals surface area contributed by atoms with E-state index in [0.717, 1.165) is 5.56 Å². The lowest BCUT2D eigenvalue weighted by Gasteiger charge is -2.45. The summed E-state index contributed by atoms with van der Waals surface area (Å²) in [4.78, 5) is 28.2. The molecule has 0 saturated carbocycles. The Hall–Kier alpha value is -2.66. The highest BCUT2D eigenvalue weighted by atomic mass is 16.4. The van der Waals surface area contributed by atoms with E-state index < -0.39 is 5.97 Å². The second-order valence-electron chi connectivity index (χ2n) is 6.84. The van der Waals surface area contributed by atoms with Gasteiger partial charge >= 0.3 is 5.97 Å². The molecule has 2 atom stereocenters. The highest BCUT2D eigenvalue weighted by Gasteiger charge is 2.35. The molecule has 1 heterocycles. The Morgan fingerprint density at radius 2 is 1.62 bits per heavy atom. The summed E-state index contributed by atoms with van der Waals surface area (Å²) >= 11 is 0. The third-order valence-electron chi connectivity index (χ3n) is 4.87. The van der Waals surface area contributed by atoms with Crippen molar-refractivity contribution in [2.75, 3.05) is 13.1 Å². The Morgan fingerprint density at radius 3 is 2.23 bits per heavy atom. The molecule has 1 fully saturated rings. The van der Waals surface area contributed by atoms with Crippen LogP contribution in [0.2, 0.25) is 0 Å². The Kier molecular flexibility index (Phi) is 5.68. The molecular formula is C21H24N2O3. The number of carboxylic acids is 1. The maximum absolute atomic E-state index is 12.9. The molecule has 0 radical (unpaired) electrons. The molecule has 3 rings (SSSR count). The van der Waals surface area contributed by atoms with E-state index in [4.69, 9.17) is 0 Å². The summed E-state index contributed by atoms with van der Waals surface area (Å²) in [5.41, 5.74) is 1.79. The third kappa shape index (κ3) is 4.29. The van der Waals surface area contributed by atoms with Gasteiger partial charge in [0.15, 0.2) is 0 Å². The summed E-state index contributed by atoms with van der Waals surface area (Å²) in [6, 6.07) is 19.0. The molecule has 0 aromatic heterocycles. The van der Waals surface area contributed by atoms with E-state index in [0.29, 0.717) is 25.2 Å². The van der Waals surface area contributed by atoms with Gasteiger partial charge in [0.25, 0.3) is 5.91 Å². The van der Waals surface area contributed by atoms with Crippen molar-refractivity contribution < 1.29 is 14.7 Å². The first-order valence-electron chi connectivity index (χ1n) is 8.90. The minimum Gasteiger partial charge on any atom is -0.481 e. The molecule has 26 heavy (non-hydrogen) atoms. The average Bonchev–Trinajstić information content (AvgIpc) is 2.64. The maximum atomic E-state index is 12.9. The minimum atomic E-state index is -0.838. The molecule has 0 bridgehead atoms. The summed E-state index contributed by atoms with van der Waals surface area (Å²) in [6.45, 7) is 3.80. The van der Waals surface area contributed by atoms with E-state index in [2.05, 4.69) is 4.90 Å². The topological polar surface area (TPSA) is 60.9 Å². The smallest absolute Gasteiger partial charge is 0.305 e. The van der Waals surface area contributed by atoms with Gasteiger partial charge in [0.1, 0.15) is 0 Å². The fourth-order valence-corrected chi connectivity index (χ4v) is 3.55. The van der Waals surface area contributed by atoms with Crippen molar-refractivity contribution in [2.45, 2.75) is 32.0 Å². The Balaban J connectivity index is 1.78. The number of nitrogens with zero attached hydrogens (tertiary/aromatic N) is 2. The van der Waals surface area contributed by atoms with Crippen LogP contribution in [0.25, 0.3) is 0 Å². The Morgan fingerprint density at radius 1 is 1.00 bits per heavy atom. The maximum Gasteiger partial charge on any atom is 0.305 e. The summed E-state index contributed by atoms with van der Waals surface area (Å²) in [7, 11) is 0. The molecule has 0 unspecified atom stereocenters. The van der Waals surface area contributed by atoms with Crippen LogP contribution in [0, 0.1) is 0 Å². The van der Waals surface area contributed by atoms with E-state index in [-0.39, 0.29) is 24.4 Å². The van der Waals surface area contributed by atoms with Gasteiger partial charge in [-0.25, -0.2) is 0 Å². The summed E-state index contributed by atoms with van der Waals surface area (Å²) < 4.78 is 0. The van der Waals surface area contributed by atoms with Crippen LogP contribution in [0.4, 0.5) is 0 Å². The molecule has 5 heteroatoms. The van der Waals surface area contributed by atoms with Crippen LogP contribution in [0.5, 0.6) is 0 Å². The van der Waals surface area contributed by atoms with Crippen molar-refractivity contribution in [3.8, 4) is 0 Å². The van der Waals surface area contributed by atoms with Crippen LogP contribution in [-0.2, 0) is 11.3 Å². The number of benzene rings is 2. The van der Waals surface area contributed by atoms with Crippen molar-refractivity contribution in [3.63, 3.8) is 0 Å². The molecule has 2 aromatic carbocycles. The van der Waals surface area contributed by atoms with Crippen molar-refractivity contribution in [2.24, 2.45) is 0 Å². The lowest BCUT2D eigenvalue weighted by molar-refractivity contribution is -0.139. The highest BCUT2D eigenvalue weighted by molar-refractivity contribution is 5.94. The van der Waals surface area contributed by atoms with Gasteiger partial charge in [-0.05, 0) is 24.6 Å². The number of carbonyl (C=O) groups is 2. The zero-order valence-electron chi connectivity index (χ0n) is 14.9. The first kappa shape index (κ1) is 18.1. The van der Waals surface area contributed by atoms with Crippen LogP contribution in [0.3, 0.4) is 0 Å². The van der Waals surface area contributed by atoms with Crippen LogP contribution < -0.4 is 0 Å². The fraction of sp³-hybridized carbons (Fsp3) is 0.333. The zero-order valence-corrected chi connectivity index (χ0v) is 14.9. The zero-order chi connectivity index (χ0) is 18.5. The van der Waals surface area contributed by atoms with Gasteiger partial charge < -0.3 is 10.0 Å². The molecule has 5 nitrogen and oxygen atoms in total. The molecule has 1 N–H and O–H groups in total. The van der Waals surface area contributed by atoms with Gasteiger partial charge in [-0.1, -0.05) is 48.5 Å². The molecule has 0 spiro atoms. The standard InChI is InChI=1S/C21H24N2O3/c1-16-13-22(14-17-8-4-2-5-9-17)19(12-20(24)25)15-23(16)21(26)18-10-6-3-7-11-18/h2-11,16,19H,12-15H2,1H3,(H,24,25)/t16-,19+/m0/s1. The predicted molar refractivity (Wildman–Crippen MR) is 99.8 cm³/mol. The van der Waals surface area contributed by atoms with E-state index in [1.807, 2.05) is 60.4 Å². The van der Waals surface area contributed by atoms with Gasteiger partial charge in [-0.15, -0.1) is 0 Å². The normalized spacial score (nSPS) is 20.7. The van der Waals surface area contributed by atoms with E-state index in [1.165, 1.54) is 0 Å². The number of carboxylic acid groups (broad SMARTS) is 1. The number of rotatable bonds is 5. The third-order valence-corrected chi connectivity index (χ3v) is 4.87. The van der Waals surface area contributed by atoms with Crippen LogP contribution in [-0.4, -0.2) is 52.0 Å². The molecular weight excluding hydrogens is 328 g/mol. The second kappa shape index (κ2) is 8.15.